The standard InChI is InChI=1S/C27H28ClFN4O/c1-18-3-8-21(15-23(18)24(25(28)31-2)32-17-20-4-5-20)26(34)33-13-11-27(29,12-14-33)22-9-6-19(16-30)7-10-22/h3,6-10,15,20,32H,2,4-5,11-14,17H2,1H3/b25-24-. The zero-order chi connectivity index (χ0) is 24.3. The van der Waals surface area contributed by atoms with Crippen LogP contribution in [0.2, 0.25) is 0 Å². The first-order valence-corrected chi connectivity index (χ1v) is 11.9. The molecule has 0 unspecified atom stereocenters. The van der Waals surface area contributed by atoms with E-state index in [0.29, 0.717) is 41.4 Å². The highest BCUT2D eigenvalue weighted by Crippen LogP contribution is 2.37. The van der Waals surface area contributed by atoms with Crippen molar-refractivity contribution in [3.63, 3.8) is 0 Å². The van der Waals surface area contributed by atoms with Gasteiger partial charge >= 0.3 is 0 Å². The largest absolute Gasteiger partial charge is 0.382 e. The van der Waals surface area contributed by atoms with Gasteiger partial charge < -0.3 is 10.2 Å². The van der Waals surface area contributed by atoms with Crippen LogP contribution < -0.4 is 5.32 Å². The second-order valence-corrected chi connectivity index (χ2v) is 9.48. The number of alkyl halides is 1. The first-order chi connectivity index (χ1) is 16.3. The third-order valence-corrected chi connectivity index (χ3v) is 7.05. The lowest BCUT2D eigenvalue weighted by atomic mass is 9.85. The van der Waals surface area contributed by atoms with E-state index >= 15 is 4.39 Å². The second kappa shape index (κ2) is 9.99. The molecule has 0 radical (unpaired) electrons. The van der Waals surface area contributed by atoms with Crippen LogP contribution in [0.5, 0.6) is 0 Å². The lowest BCUT2D eigenvalue weighted by Gasteiger charge is -2.37. The van der Waals surface area contributed by atoms with E-state index in [4.69, 9.17) is 16.9 Å². The zero-order valence-corrected chi connectivity index (χ0v) is 20.0. The Hall–Kier alpha value is -3.17. The van der Waals surface area contributed by atoms with Crippen molar-refractivity contribution < 1.29 is 9.18 Å². The first-order valence-electron chi connectivity index (χ1n) is 11.5. The fourth-order valence-corrected chi connectivity index (χ4v) is 4.50. The van der Waals surface area contributed by atoms with Crippen LogP contribution in [-0.2, 0) is 5.67 Å². The Morgan fingerprint density at radius 3 is 2.53 bits per heavy atom. The highest BCUT2D eigenvalue weighted by Gasteiger charge is 2.37. The summed E-state index contributed by atoms with van der Waals surface area (Å²) < 4.78 is 15.6. The third kappa shape index (κ3) is 5.15. The molecule has 0 spiro atoms. The number of amides is 1. The molecule has 1 aliphatic carbocycles. The minimum atomic E-state index is -1.50. The molecule has 1 saturated carbocycles. The van der Waals surface area contributed by atoms with Crippen molar-refractivity contribution in [2.45, 2.75) is 38.3 Å². The van der Waals surface area contributed by atoms with Crippen LogP contribution in [-0.4, -0.2) is 37.2 Å². The number of benzene rings is 2. The van der Waals surface area contributed by atoms with Crippen molar-refractivity contribution in [2.75, 3.05) is 19.6 Å². The van der Waals surface area contributed by atoms with Gasteiger partial charge in [0.25, 0.3) is 5.91 Å². The summed E-state index contributed by atoms with van der Waals surface area (Å²) in [6.45, 7) is 6.95. The average Bonchev–Trinajstić information content (AvgIpc) is 3.69. The number of aryl methyl sites for hydroxylation is 1. The molecule has 2 aromatic rings. The fourth-order valence-electron chi connectivity index (χ4n) is 4.33. The lowest BCUT2D eigenvalue weighted by Crippen LogP contribution is -2.43. The summed E-state index contributed by atoms with van der Waals surface area (Å²) in [5.41, 5.74) is 2.55. The summed E-state index contributed by atoms with van der Waals surface area (Å²) in [5.74, 6) is 0.507. The van der Waals surface area contributed by atoms with Gasteiger partial charge in [-0.3, -0.25) is 9.79 Å². The summed E-state index contributed by atoms with van der Waals surface area (Å²) in [7, 11) is 0. The zero-order valence-electron chi connectivity index (χ0n) is 19.3. The Morgan fingerprint density at radius 1 is 1.26 bits per heavy atom. The smallest absolute Gasteiger partial charge is 0.253 e. The van der Waals surface area contributed by atoms with Gasteiger partial charge in [0.1, 0.15) is 5.67 Å². The summed E-state index contributed by atoms with van der Waals surface area (Å²) in [6.07, 6.45) is 2.82. The second-order valence-electron chi connectivity index (χ2n) is 9.12. The Labute approximate surface area is 204 Å². The van der Waals surface area contributed by atoms with Gasteiger partial charge in [0.05, 0.1) is 17.3 Å². The van der Waals surface area contributed by atoms with Gasteiger partial charge in [-0.2, -0.15) is 5.26 Å². The maximum atomic E-state index is 15.6. The molecule has 176 valence electrons. The fraction of sp³-hybridized carbons (Fsp3) is 0.370. The van der Waals surface area contributed by atoms with Crippen LogP contribution >= 0.6 is 11.6 Å². The number of nitrogens with zero attached hydrogens (tertiary/aromatic N) is 3. The minimum absolute atomic E-state index is 0.132. The monoisotopic (exact) mass is 478 g/mol. The average molecular weight is 479 g/mol. The van der Waals surface area contributed by atoms with E-state index in [1.54, 1.807) is 35.2 Å². The van der Waals surface area contributed by atoms with Gasteiger partial charge in [0, 0.05) is 43.6 Å². The third-order valence-electron chi connectivity index (χ3n) is 6.74. The number of aliphatic imine (C=N–C) groups is 1. The number of hydrogen-bond donors (Lipinski definition) is 1. The summed E-state index contributed by atoms with van der Waals surface area (Å²) in [6, 6.07) is 14.2. The molecule has 0 bridgehead atoms. The molecule has 5 nitrogen and oxygen atoms in total. The number of nitrogens with one attached hydrogen (secondary N) is 1. The number of carbonyl (C=O) groups excluding carboxylic acids is 1. The van der Waals surface area contributed by atoms with Gasteiger partial charge in [-0.1, -0.05) is 29.8 Å². The van der Waals surface area contributed by atoms with Gasteiger partial charge in [0.2, 0.25) is 0 Å². The van der Waals surface area contributed by atoms with E-state index in [9.17, 15) is 4.79 Å². The van der Waals surface area contributed by atoms with Crippen LogP contribution in [0.25, 0.3) is 5.70 Å². The van der Waals surface area contributed by atoms with E-state index < -0.39 is 5.67 Å². The van der Waals surface area contributed by atoms with Crippen molar-refractivity contribution in [1.82, 2.24) is 10.2 Å². The Morgan fingerprint density at radius 2 is 1.94 bits per heavy atom. The maximum absolute atomic E-state index is 15.6. The molecule has 34 heavy (non-hydrogen) atoms. The molecule has 1 heterocycles. The molecule has 1 amide bonds. The number of carbonyl (C=O) groups is 1. The van der Waals surface area contributed by atoms with Gasteiger partial charge in [-0.15, -0.1) is 0 Å². The molecule has 2 aliphatic rings. The molecule has 1 N–H and O–H groups in total. The Bertz CT molecular complexity index is 1160. The van der Waals surface area contributed by atoms with E-state index in [1.807, 2.05) is 19.1 Å². The Balaban J connectivity index is 1.50. The first kappa shape index (κ1) is 24.0. The summed E-state index contributed by atoms with van der Waals surface area (Å²) in [5, 5.41) is 12.6. The van der Waals surface area contributed by atoms with Crippen molar-refractivity contribution in [3.8, 4) is 6.07 Å². The van der Waals surface area contributed by atoms with Crippen LogP contribution in [0.4, 0.5) is 4.39 Å². The lowest BCUT2D eigenvalue weighted by molar-refractivity contribution is 0.0421. The van der Waals surface area contributed by atoms with Gasteiger partial charge in [-0.25, -0.2) is 4.39 Å². The van der Waals surface area contributed by atoms with Gasteiger partial charge in [-0.05, 0) is 67.8 Å². The Kier molecular flexibility index (Phi) is 7.04. The molecular formula is C27H28ClFN4O. The van der Waals surface area contributed by atoms with Crippen LogP contribution in [0, 0.1) is 24.2 Å². The van der Waals surface area contributed by atoms with Crippen LogP contribution in [0.3, 0.4) is 0 Å². The molecule has 4 rings (SSSR count). The number of hydrogen-bond acceptors (Lipinski definition) is 4. The quantitative estimate of drug-likeness (QED) is 0.420. The number of rotatable bonds is 7. The molecule has 1 aliphatic heterocycles. The molecule has 0 atom stereocenters. The SMILES string of the molecule is C=N/C(Cl)=C(\NCC1CC1)c1cc(C(=O)N2CCC(F)(c3ccc(C#N)cc3)CC2)ccc1C. The molecule has 2 fully saturated rings. The predicted molar refractivity (Wildman–Crippen MR) is 133 cm³/mol. The van der Waals surface area contributed by atoms with E-state index in [2.05, 4.69) is 23.1 Å². The highest BCUT2D eigenvalue weighted by molar-refractivity contribution is 6.32. The predicted octanol–water partition coefficient (Wildman–Crippen LogP) is 5.53. The molecule has 7 heteroatoms. The minimum Gasteiger partial charge on any atom is -0.382 e. The molecular weight excluding hydrogens is 451 g/mol. The summed E-state index contributed by atoms with van der Waals surface area (Å²) in [4.78, 5) is 18.9. The number of piperidine rings is 1. The van der Waals surface area contributed by atoms with Crippen molar-refractivity contribution >= 4 is 29.9 Å². The number of nitriles is 1. The van der Waals surface area contributed by atoms with Crippen molar-refractivity contribution in [1.29, 1.82) is 5.26 Å². The number of likely N-dealkylation sites (tertiary alicyclic amines) is 1. The van der Waals surface area contributed by atoms with E-state index in [1.165, 1.54) is 12.8 Å². The van der Waals surface area contributed by atoms with Crippen LogP contribution in [0.15, 0.2) is 52.6 Å². The highest BCUT2D eigenvalue weighted by atomic mass is 35.5. The van der Waals surface area contributed by atoms with Crippen molar-refractivity contribution in [3.05, 3.63) is 75.4 Å². The van der Waals surface area contributed by atoms with E-state index in [0.717, 1.165) is 17.7 Å². The molecule has 2 aromatic carbocycles. The maximum Gasteiger partial charge on any atom is 0.253 e. The number of halogens is 2. The molecule has 0 aromatic heterocycles. The van der Waals surface area contributed by atoms with Gasteiger partial charge in [0.15, 0.2) is 5.16 Å². The summed E-state index contributed by atoms with van der Waals surface area (Å²) >= 11 is 6.36. The topological polar surface area (TPSA) is 68.5 Å². The van der Waals surface area contributed by atoms with Crippen molar-refractivity contribution in [2.24, 2.45) is 10.9 Å². The normalized spacial score (nSPS) is 18.0. The molecule has 1 saturated heterocycles. The van der Waals surface area contributed by atoms with E-state index in [-0.39, 0.29) is 23.9 Å². The van der Waals surface area contributed by atoms with Crippen LogP contribution in [0.1, 0.15) is 58.3 Å².